The van der Waals surface area contributed by atoms with E-state index in [4.69, 9.17) is 4.74 Å². The number of hydrazone groups is 1. The molecule has 0 fully saturated rings. The van der Waals surface area contributed by atoms with Crippen LogP contribution >= 0.6 is 0 Å². The zero-order valence-corrected chi connectivity index (χ0v) is 14.6. The van der Waals surface area contributed by atoms with Gasteiger partial charge in [-0.1, -0.05) is 30.3 Å². The average Bonchev–Trinajstić information content (AvgIpc) is 2.85. The van der Waals surface area contributed by atoms with Crippen molar-refractivity contribution in [1.29, 1.82) is 0 Å². The highest BCUT2D eigenvalue weighted by Gasteiger charge is 2.09. The van der Waals surface area contributed by atoms with Gasteiger partial charge in [0, 0.05) is 29.2 Å². The molecule has 1 aromatic heterocycles. The Hall–Kier alpha value is -3.08. The number of aryl methyl sites for hydroxylation is 2. The number of amides is 1. The molecule has 0 unspecified atom stereocenters. The Kier molecular flexibility index (Phi) is 4.84. The smallest absolute Gasteiger partial charge is 0.277 e. The third-order valence-electron chi connectivity index (χ3n) is 4.19. The number of benzene rings is 2. The fraction of sp³-hybridized carbons (Fsp3) is 0.200. The van der Waals surface area contributed by atoms with E-state index in [0.29, 0.717) is 5.75 Å². The van der Waals surface area contributed by atoms with Crippen LogP contribution in [-0.2, 0) is 11.8 Å². The predicted octanol–water partition coefficient (Wildman–Crippen LogP) is 3.32. The lowest BCUT2D eigenvalue weighted by Gasteiger charge is -2.05. The molecule has 2 aromatic carbocycles. The third-order valence-corrected chi connectivity index (χ3v) is 4.19. The molecule has 0 aliphatic heterocycles. The highest BCUT2D eigenvalue weighted by atomic mass is 16.5. The fourth-order valence-electron chi connectivity index (χ4n) is 2.77. The molecule has 5 nitrogen and oxygen atoms in total. The van der Waals surface area contributed by atoms with Crippen molar-refractivity contribution in [3.05, 3.63) is 65.4 Å². The van der Waals surface area contributed by atoms with E-state index in [1.54, 1.807) is 6.21 Å². The molecular weight excluding hydrogens is 314 g/mol. The van der Waals surface area contributed by atoms with Gasteiger partial charge < -0.3 is 9.30 Å². The summed E-state index contributed by atoms with van der Waals surface area (Å²) in [5, 5.41) is 5.19. The van der Waals surface area contributed by atoms with Crippen molar-refractivity contribution in [2.45, 2.75) is 13.8 Å². The van der Waals surface area contributed by atoms with Crippen molar-refractivity contribution >= 4 is 23.0 Å². The minimum atomic E-state index is -0.296. The molecule has 1 heterocycles. The van der Waals surface area contributed by atoms with Crippen LogP contribution in [0.25, 0.3) is 10.9 Å². The molecule has 3 aromatic rings. The minimum Gasteiger partial charge on any atom is -0.484 e. The highest BCUT2D eigenvalue weighted by molar-refractivity contribution is 6.01. The number of nitrogens with one attached hydrogen (secondary N) is 1. The largest absolute Gasteiger partial charge is 0.484 e. The van der Waals surface area contributed by atoms with Gasteiger partial charge in [0.25, 0.3) is 5.91 Å². The van der Waals surface area contributed by atoms with Crippen LogP contribution in [0.4, 0.5) is 0 Å². The van der Waals surface area contributed by atoms with Crippen LogP contribution < -0.4 is 10.2 Å². The number of carbonyl (C=O) groups excluding carboxylic acids is 1. The minimum absolute atomic E-state index is 0.0741. The van der Waals surface area contributed by atoms with E-state index in [-0.39, 0.29) is 12.5 Å². The number of fused-ring (bicyclic) bond motifs is 1. The summed E-state index contributed by atoms with van der Waals surface area (Å²) in [4.78, 5) is 11.9. The van der Waals surface area contributed by atoms with Gasteiger partial charge in [-0.15, -0.1) is 0 Å². The van der Waals surface area contributed by atoms with E-state index < -0.39 is 0 Å². The summed E-state index contributed by atoms with van der Waals surface area (Å²) in [6.45, 7) is 3.93. The van der Waals surface area contributed by atoms with Gasteiger partial charge in [-0.2, -0.15) is 5.10 Å². The summed E-state index contributed by atoms with van der Waals surface area (Å²) < 4.78 is 7.57. The number of aromatic nitrogens is 1. The van der Waals surface area contributed by atoms with Gasteiger partial charge in [-0.25, -0.2) is 5.43 Å². The van der Waals surface area contributed by atoms with Crippen molar-refractivity contribution in [3.63, 3.8) is 0 Å². The van der Waals surface area contributed by atoms with Gasteiger partial charge in [0.05, 0.1) is 6.21 Å². The first kappa shape index (κ1) is 16.8. The van der Waals surface area contributed by atoms with Crippen molar-refractivity contribution in [3.8, 4) is 5.75 Å². The Labute approximate surface area is 146 Å². The molecule has 0 radical (unpaired) electrons. The highest BCUT2D eigenvalue weighted by Crippen LogP contribution is 2.22. The van der Waals surface area contributed by atoms with E-state index >= 15 is 0 Å². The molecule has 0 bridgehead atoms. The molecule has 5 heteroatoms. The number of carbonyl (C=O) groups is 1. The van der Waals surface area contributed by atoms with E-state index in [2.05, 4.69) is 21.2 Å². The molecule has 128 valence electrons. The number of hydrogen-bond donors (Lipinski definition) is 1. The monoisotopic (exact) mass is 335 g/mol. The maximum atomic E-state index is 11.9. The quantitative estimate of drug-likeness (QED) is 0.574. The Balaban J connectivity index is 1.63. The number of hydrogen-bond acceptors (Lipinski definition) is 3. The topological polar surface area (TPSA) is 55.6 Å². The maximum Gasteiger partial charge on any atom is 0.277 e. The molecule has 0 aliphatic carbocycles. The van der Waals surface area contributed by atoms with Gasteiger partial charge in [0.15, 0.2) is 6.61 Å². The molecular formula is C20H21N3O2. The second kappa shape index (κ2) is 7.21. The molecule has 1 amide bonds. The lowest BCUT2D eigenvalue weighted by molar-refractivity contribution is -0.123. The van der Waals surface area contributed by atoms with Gasteiger partial charge in [0.1, 0.15) is 5.75 Å². The van der Waals surface area contributed by atoms with E-state index in [0.717, 1.165) is 27.7 Å². The van der Waals surface area contributed by atoms with Gasteiger partial charge in [0.2, 0.25) is 0 Å². The molecule has 1 N–H and O–H groups in total. The maximum absolute atomic E-state index is 11.9. The standard InChI is InChI=1S/C20H21N3O2/c1-14-7-6-8-16(11-14)25-13-20(24)22-21-12-18-15(2)23(3)19-10-5-4-9-17(18)19/h4-12H,13H2,1-3H3,(H,22,24)/b21-12+. The average molecular weight is 335 g/mol. The van der Waals surface area contributed by atoms with E-state index in [1.165, 1.54) is 0 Å². The zero-order valence-electron chi connectivity index (χ0n) is 14.6. The van der Waals surface area contributed by atoms with E-state index in [1.807, 2.05) is 63.4 Å². The lowest BCUT2D eigenvalue weighted by Crippen LogP contribution is -2.24. The molecule has 3 rings (SSSR count). The van der Waals surface area contributed by atoms with Crippen LogP contribution in [0, 0.1) is 13.8 Å². The SMILES string of the molecule is Cc1cccc(OCC(=O)N/N=C/c2c(C)n(C)c3ccccc23)c1. The van der Waals surface area contributed by atoms with Crippen LogP contribution in [0.3, 0.4) is 0 Å². The molecule has 0 spiro atoms. The van der Waals surface area contributed by atoms with Crippen LogP contribution in [0.15, 0.2) is 53.6 Å². The molecule has 0 aliphatic rings. The first-order valence-corrected chi connectivity index (χ1v) is 8.11. The summed E-state index contributed by atoms with van der Waals surface area (Å²) in [6.07, 6.45) is 1.68. The molecule has 0 saturated carbocycles. The van der Waals surface area contributed by atoms with Crippen LogP contribution in [0.5, 0.6) is 5.75 Å². The Morgan fingerprint density at radius 1 is 1.20 bits per heavy atom. The van der Waals surface area contributed by atoms with E-state index in [9.17, 15) is 4.79 Å². The summed E-state index contributed by atoms with van der Waals surface area (Å²) in [6, 6.07) is 15.7. The summed E-state index contributed by atoms with van der Waals surface area (Å²) >= 11 is 0. The third kappa shape index (κ3) is 3.71. The number of rotatable bonds is 5. The predicted molar refractivity (Wildman–Crippen MR) is 100 cm³/mol. The van der Waals surface area contributed by atoms with Crippen molar-refractivity contribution < 1.29 is 9.53 Å². The van der Waals surface area contributed by atoms with Crippen molar-refractivity contribution in [2.75, 3.05) is 6.61 Å². The van der Waals surface area contributed by atoms with Gasteiger partial charge in [-0.05, 0) is 37.6 Å². The van der Waals surface area contributed by atoms with Crippen molar-refractivity contribution in [1.82, 2.24) is 9.99 Å². The Bertz CT molecular complexity index is 941. The fourth-order valence-corrected chi connectivity index (χ4v) is 2.77. The van der Waals surface area contributed by atoms with Crippen molar-refractivity contribution in [2.24, 2.45) is 12.1 Å². The van der Waals surface area contributed by atoms with Gasteiger partial charge >= 0.3 is 0 Å². The number of ether oxygens (including phenoxy) is 1. The zero-order chi connectivity index (χ0) is 17.8. The molecule has 25 heavy (non-hydrogen) atoms. The second-order valence-corrected chi connectivity index (χ2v) is 5.97. The first-order valence-electron chi connectivity index (χ1n) is 8.11. The molecule has 0 saturated heterocycles. The van der Waals surface area contributed by atoms with Crippen LogP contribution in [0.2, 0.25) is 0 Å². The normalized spacial score (nSPS) is 11.2. The first-order chi connectivity index (χ1) is 12.1. The molecule has 0 atom stereocenters. The Morgan fingerprint density at radius 2 is 2.00 bits per heavy atom. The second-order valence-electron chi connectivity index (χ2n) is 5.97. The summed E-state index contributed by atoms with van der Waals surface area (Å²) in [7, 11) is 2.02. The summed E-state index contributed by atoms with van der Waals surface area (Å²) in [5.74, 6) is 0.375. The lowest BCUT2D eigenvalue weighted by atomic mass is 10.1. The Morgan fingerprint density at radius 3 is 2.80 bits per heavy atom. The van der Waals surface area contributed by atoms with Gasteiger partial charge in [-0.3, -0.25) is 4.79 Å². The van der Waals surface area contributed by atoms with Crippen LogP contribution in [0.1, 0.15) is 16.8 Å². The summed E-state index contributed by atoms with van der Waals surface area (Å²) in [5.41, 5.74) is 6.82. The number of para-hydroxylation sites is 1. The number of nitrogens with zero attached hydrogens (tertiary/aromatic N) is 2. The van der Waals surface area contributed by atoms with Crippen LogP contribution in [-0.4, -0.2) is 23.3 Å².